The highest BCUT2D eigenvalue weighted by molar-refractivity contribution is 8.13. The largest absolute Gasteiger partial charge is 0.374 e. The Kier molecular flexibility index (Phi) is 4.73. The summed E-state index contributed by atoms with van der Waals surface area (Å²) >= 11 is 0. The lowest BCUT2D eigenvalue weighted by atomic mass is 10.2. The highest BCUT2D eigenvalue weighted by atomic mass is 35.7. The summed E-state index contributed by atoms with van der Waals surface area (Å²) in [4.78, 5) is 2.42. The smallest absolute Gasteiger partial charge is 0.264 e. The molecule has 0 aromatic carbocycles. The maximum absolute atomic E-state index is 11.6. The van der Waals surface area contributed by atoms with Crippen LogP contribution in [0.4, 0.5) is 0 Å². The molecule has 0 N–H and O–H groups in total. The van der Waals surface area contributed by atoms with Crippen LogP contribution in [0.3, 0.4) is 0 Å². The van der Waals surface area contributed by atoms with Crippen molar-refractivity contribution in [3.8, 4) is 0 Å². The first-order valence-corrected chi connectivity index (χ1v) is 8.96. The maximum atomic E-state index is 11.6. The van der Waals surface area contributed by atoms with E-state index in [1.54, 1.807) is 18.5 Å². The molecule has 20 heavy (non-hydrogen) atoms. The van der Waals surface area contributed by atoms with E-state index in [-0.39, 0.29) is 11.0 Å². The SMILES string of the molecule is CCN1CCOC(Cn2nc(C)c(S(=O)(=O)Cl)c2C)C1. The van der Waals surface area contributed by atoms with Crippen molar-refractivity contribution < 1.29 is 13.2 Å². The van der Waals surface area contributed by atoms with Gasteiger partial charge in [0, 0.05) is 23.8 Å². The van der Waals surface area contributed by atoms with Crippen molar-refractivity contribution in [3.63, 3.8) is 0 Å². The minimum Gasteiger partial charge on any atom is -0.374 e. The van der Waals surface area contributed by atoms with E-state index in [4.69, 9.17) is 15.4 Å². The van der Waals surface area contributed by atoms with E-state index in [9.17, 15) is 8.42 Å². The van der Waals surface area contributed by atoms with E-state index in [1.807, 2.05) is 0 Å². The van der Waals surface area contributed by atoms with Crippen molar-refractivity contribution in [2.45, 2.75) is 38.3 Å². The molecule has 0 aliphatic carbocycles. The molecule has 0 radical (unpaired) electrons. The lowest BCUT2D eigenvalue weighted by Gasteiger charge is -2.32. The van der Waals surface area contributed by atoms with Crippen molar-refractivity contribution in [1.82, 2.24) is 14.7 Å². The molecular weight excluding hydrogens is 302 g/mol. The average Bonchev–Trinajstić information content (AvgIpc) is 2.64. The van der Waals surface area contributed by atoms with Gasteiger partial charge in [0.15, 0.2) is 0 Å². The Balaban J connectivity index is 2.18. The lowest BCUT2D eigenvalue weighted by molar-refractivity contribution is -0.0361. The molecule has 1 aromatic rings. The Morgan fingerprint density at radius 3 is 2.70 bits per heavy atom. The van der Waals surface area contributed by atoms with Crippen LogP contribution in [-0.4, -0.2) is 55.4 Å². The second-order valence-corrected chi connectivity index (χ2v) is 7.51. The van der Waals surface area contributed by atoms with E-state index in [0.717, 1.165) is 19.6 Å². The molecule has 0 spiro atoms. The van der Waals surface area contributed by atoms with Crippen LogP contribution in [0.1, 0.15) is 18.3 Å². The molecule has 1 aliphatic rings. The lowest BCUT2D eigenvalue weighted by Crippen LogP contribution is -2.44. The first kappa shape index (κ1) is 15.8. The zero-order valence-electron chi connectivity index (χ0n) is 12.0. The highest BCUT2D eigenvalue weighted by Gasteiger charge is 2.25. The van der Waals surface area contributed by atoms with Crippen LogP contribution in [0.2, 0.25) is 0 Å². The van der Waals surface area contributed by atoms with Crippen molar-refractivity contribution in [3.05, 3.63) is 11.4 Å². The number of aryl methyl sites for hydroxylation is 1. The fraction of sp³-hybridized carbons (Fsp3) is 0.750. The zero-order chi connectivity index (χ0) is 14.9. The van der Waals surface area contributed by atoms with Crippen LogP contribution in [-0.2, 0) is 20.3 Å². The average molecular weight is 322 g/mol. The van der Waals surface area contributed by atoms with Crippen LogP contribution >= 0.6 is 10.7 Å². The normalized spacial score (nSPS) is 21.3. The predicted molar refractivity (Wildman–Crippen MR) is 76.6 cm³/mol. The fourth-order valence-electron chi connectivity index (χ4n) is 2.58. The maximum Gasteiger partial charge on any atom is 0.264 e. The molecule has 0 amide bonds. The Morgan fingerprint density at radius 2 is 2.15 bits per heavy atom. The van der Waals surface area contributed by atoms with Gasteiger partial charge in [0.05, 0.1) is 30.6 Å². The molecule has 114 valence electrons. The summed E-state index contributed by atoms with van der Waals surface area (Å²) in [6, 6.07) is 0. The summed E-state index contributed by atoms with van der Waals surface area (Å²) < 4.78 is 30.5. The Hall–Kier alpha value is -0.630. The number of hydrogen-bond donors (Lipinski definition) is 0. The van der Waals surface area contributed by atoms with Gasteiger partial charge in [-0.3, -0.25) is 9.58 Å². The molecule has 1 atom stereocenters. The number of hydrogen-bond acceptors (Lipinski definition) is 5. The fourth-order valence-corrected chi connectivity index (χ4v) is 4.10. The van der Waals surface area contributed by atoms with Gasteiger partial charge in [-0.05, 0) is 20.4 Å². The van der Waals surface area contributed by atoms with Crippen molar-refractivity contribution in [2.24, 2.45) is 0 Å². The second-order valence-electron chi connectivity index (χ2n) is 5.01. The topological polar surface area (TPSA) is 64.4 Å². The van der Waals surface area contributed by atoms with Gasteiger partial charge in [-0.1, -0.05) is 6.92 Å². The van der Waals surface area contributed by atoms with Crippen molar-refractivity contribution in [2.75, 3.05) is 26.2 Å². The summed E-state index contributed by atoms with van der Waals surface area (Å²) in [5.74, 6) is 0. The van der Waals surface area contributed by atoms with Gasteiger partial charge in [-0.2, -0.15) is 5.10 Å². The number of aromatic nitrogens is 2. The zero-order valence-corrected chi connectivity index (χ0v) is 13.5. The van der Waals surface area contributed by atoms with Crippen LogP contribution in [0, 0.1) is 13.8 Å². The molecule has 0 saturated carbocycles. The van der Waals surface area contributed by atoms with Gasteiger partial charge in [0.1, 0.15) is 4.90 Å². The standard InChI is InChI=1S/C12H20ClN3O3S/c1-4-15-5-6-19-11(7-15)8-16-10(3)12(9(2)14-16)20(13,17)18/h11H,4-8H2,1-3H3. The molecule has 1 aliphatic heterocycles. The van der Waals surface area contributed by atoms with Crippen LogP contribution in [0.25, 0.3) is 0 Å². The first-order chi connectivity index (χ1) is 9.32. The summed E-state index contributed by atoms with van der Waals surface area (Å²) in [5.41, 5.74) is 0.996. The molecule has 1 aromatic heterocycles. The number of ether oxygens (including phenoxy) is 1. The number of rotatable bonds is 4. The van der Waals surface area contributed by atoms with E-state index in [2.05, 4.69) is 16.9 Å². The second kappa shape index (κ2) is 6.01. The molecule has 1 fully saturated rings. The molecular formula is C12H20ClN3O3S. The number of likely N-dealkylation sites (N-methyl/N-ethyl adjacent to an activating group) is 1. The van der Waals surface area contributed by atoms with Gasteiger partial charge >= 0.3 is 0 Å². The van der Waals surface area contributed by atoms with Gasteiger partial charge in [0.2, 0.25) is 0 Å². The molecule has 8 heteroatoms. The number of nitrogens with zero attached hydrogens (tertiary/aromatic N) is 3. The van der Waals surface area contributed by atoms with Gasteiger partial charge in [-0.25, -0.2) is 8.42 Å². The first-order valence-electron chi connectivity index (χ1n) is 6.65. The van der Waals surface area contributed by atoms with Gasteiger partial charge < -0.3 is 4.74 Å². The summed E-state index contributed by atoms with van der Waals surface area (Å²) in [6.07, 6.45) is 0.0209. The van der Waals surface area contributed by atoms with Crippen LogP contribution < -0.4 is 0 Å². The third-order valence-corrected chi connectivity index (χ3v) is 5.15. The van der Waals surface area contributed by atoms with Gasteiger partial charge in [-0.15, -0.1) is 0 Å². The summed E-state index contributed by atoms with van der Waals surface area (Å²) in [6.45, 7) is 9.47. The minimum atomic E-state index is -3.76. The van der Waals surface area contributed by atoms with E-state index < -0.39 is 9.05 Å². The molecule has 2 heterocycles. The quantitative estimate of drug-likeness (QED) is 0.778. The third-order valence-electron chi connectivity index (χ3n) is 3.61. The monoisotopic (exact) mass is 321 g/mol. The third kappa shape index (κ3) is 3.33. The molecule has 1 unspecified atom stereocenters. The van der Waals surface area contributed by atoms with Crippen molar-refractivity contribution >= 4 is 19.7 Å². The Morgan fingerprint density at radius 1 is 1.45 bits per heavy atom. The molecule has 0 bridgehead atoms. The Bertz CT molecular complexity index is 585. The number of halogens is 1. The molecule has 1 saturated heterocycles. The van der Waals surface area contributed by atoms with E-state index in [1.165, 1.54) is 0 Å². The minimum absolute atomic E-state index is 0.0209. The Labute approximate surface area is 124 Å². The summed E-state index contributed by atoms with van der Waals surface area (Å²) in [7, 11) is 1.69. The van der Waals surface area contributed by atoms with Gasteiger partial charge in [0.25, 0.3) is 9.05 Å². The predicted octanol–water partition coefficient (Wildman–Crippen LogP) is 1.15. The summed E-state index contributed by atoms with van der Waals surface area (Å²) in [5, 5.41) is 4.28. The van der Waals surface area contributed by atoms with Crippen LogP contribution in [0.5, 0.6) is 0 Å². The molecule has 6 nitrogen and oxygen atoms in total. The van der Waals surface area contributed by atoms with Crippen LogP contribution in [0.15, 0.2) is 4.90 Å². The van der Waals surface area contributed by atoms with E-state index in [0.29, 0.717) is 24.5 Å². The van der Waals surface area contributed by atoms with Crippen molar-refractivity contribution in [1.29, 1.82) is 0 Å². The van der Waals surface area contributed by atoms with E-state index >= 15 is 0 Å². The highest BCUT2D eigenvalue weighted by Crippen LogP contribution is 2.23. The molecule has 2 rings (SSSR count). The number of morpholine rings is 1.